The molecule has 0 fully saturated rings. The van der Waals surface area contributed by atoms with Gasteiger partial charge in [0.2, 0.25) is 0 Å². The second kappa shape index (κ2) is 4.61. The van der Waals surface area contributed by atoms with Gasteiger partial charge in [-0.25, -0.2) is 0 Å². The van der Waals surface area contributed by atoms with Crippen LogP contribution in [-0.2, 0) is 6.42 Å². The molecule has 0 aromatic heterocycles. The first-order chi connectivity index (χ1) is 8.45. The third kappa shape index (κ3) is 2.20. The zero-order valence-electron chi connectivity index (χ0n) is 9.83. The van der Waals surface area contributed by atoms with Crippen molar-refractivity contribution < 1.29 is 18.3 Å². The fourth-order valence-electron chi connectivity index (χ4n) is 2.15. The van der Waals surface area contributed by atoms with Gasteiger partial charge >= 0.3 is 6.18 Å². The Balaban J connectivity index is 2.71. The predicted molar refractivity (Wildman–Crippen MR) is 64.3 cm³/mol. The molecule has 4 heteroatoms. The van der Waals surface area contributed by atoms with E-state index in [0.717, 1.165) is 10.9 Å². The SMILES string of the molecule is CCc1cccc2cccc(C(O)C(F)(F)F)c12. The molecule has 2 aromatic carbocycles. The highest BCUT2D eigenvalue weighted by molar-refractivity contribution is 5.89. The zero-order chi connectivity index (χ0) is 13.3. The summed E-state index contributed by atoms with van der Waals surface area (Å²) in [6, 6.07) is 9.97. The molecule has 1 unspecified atom stereocenters. The molecule has 2 aromatic rings. The number of alkyl halides is 3. The number of hydrogen-bond donors (Lipinski definition) is 1. The van der Waals surface area contributed by atoms with Crippen LogP contribution in [-0.4, -0.2) is 11.3 Å². The number of fused-ring (bicyclic) bond motifs is 1. The quantitative estimate of drug-likeness (QED) is 0.858. The third-order valence-corrected chi connectivity index (χ3v) is 3.01. The topological polar surface area (TPSA) is 20.2 Å². The summed E-state index contributed by atoms with van der Waals surface area (Å²) in [5.74, 6) is 0. The van der Waals surface area contributed by atoms with Crippen molar-refractivity contribution >= 4 is 10.8 Å². The van der Waals surface area contributed by atoms with Crippen molar-refractivity contribution in [2.24, 2.45) is 0 Å². The van der Waals surface area contributed by atoms with Crippen molar-refractivity contribution in [3.05, 3.63) is 47.5 Å². The van der Waals surface area contributed by atoms with Gasteiger partial charge in [0.05, 0.1) is 0 Å². The van der Waals surface area contributed by atoms with Crippen molar-refractivity contribution in [1.82, 2.24) is 0 Å². The fourth-order valence-corrected chi connectivity index (χ4v) is 2.15. The monoisotopic (exact) mass is 254 g/mol. The van der Waals surface area contributed by atoms with E-state index in [1.807, 2.05) is 13.0 Å². The van der Waals surface area contributed by atoms with Crippen LogP contribution in [0.1, 0.15) is 24.2 Å². The molecule has 2 rings (SSSR count). The average Bonchev–Trinajstić information content (AvgIpc) is 2.35. The molecule has 1 N–H and O–H groups in total. The van der Waals surface area contributed by atoms with Gasteiger partial charge in [-0.2, -0.15) is 13.2 Å². The van der Waals surface area contributed by atoms with Crippen molar-refractivity contribution in [2.75, 3.05) is 0 Å². The molecule has 0 heterocycles. The summed E-state index contributed by atoms with van der Waals surface area (Å²) < 4.78 is 37.9. The summed E-state index contributed by atoms with van der Waals surface area (Å²) in [7, 11) is 0. The summed E-state index contributed by atoms with van der Waals surface area (Å²) >= 11 is 0. The zero-order valence-corrected chi connectivity index (χ0v) is 9.83. The maximum absolute atomic E-state index is 12.6. The number of aliphatic hydroxyl groups excluding tert-OH is 1. The van der Waals surface area contributed by atoms with Crippen molar-refractivity contribution in [3.63, 3.8) is 0 Å². The molecule has 0 aliphatic rings. The summed E-state index contributed by atoms with van der Waals surface area (Å²) in [5, 5.41) is 10.7. The highest BCUT2D eigenvalue weighted by Crippen LogP contribution is 2.37. The Hall–Kier alpha value is -1.55. The van der Waals surface area contributed by atoms with Crippen LogP contribution in [0.4, 0.5) is 13.2 Å². The van der Waals surface area contributed by atoms with Gasteiger partial charge in [-0.05, 0) is 28.3 Å². The number of benzene rings is 2. The molecule has 0 bridgehead atoms. The Labute approximate surface area is 103 Å². The van der Waals surface area contributed by atoms with Gasteiger partial charge in [0.1, 0.15) is 0 Å². The number of rotatable bonds is 2. The van der Waals surface area contributed by atoms with Crippen LogP contribution in [0.5, 0.6) is 0 Å². The van der Waals surface area contributed by atoms with Crippen molar-refractivity contribution in [1.29, 1.82) is 0 Å². The standard InChI is InChI=1S/C14H13F3O/c1-2-9-5-3-6-10-7-4-8-11(12(9)10)13(18)14(15,16)17/h3-8,13,18H,2H2,1H3. The van der Waals surface area contributed by atoms with E-state index >= 15 is 0 Å². The largest absolute Gasteiger partial charge is 0.418 e. The minimum Gasteiger partial charge on any atom is -0.379 e. The van der Waals surface area contributed by atoms with Crippen LogP contribution in [0.15, 0.2) is 36.4 Å². The van der Waals surface area contributed by atoms with E-state index in [1.54, 1.807) is 18.2 Å². The van der Waals surface area contributed by atoms with Gasteiger partial charge < -0.3 is 5.11 Å². The molecule has 1 nitrogen and oxygen atoms in total. The van der Waals surface area contributed by atoms with E-state index in [9.17, 15) is 18.3 Å². The second-order valence-electron chi connectivity index (χ2n) is 4.16. The lowest BCUT2D eigenvalue weighted by atomic mass is 9.95. The lowest BCUT2D eigenvalue weighted by Gasteiger charge is -2.18. The van der Waals surface area contributed by atoms with Crippen LogP contribution in [0.3, 0.4) is 0 Å². The first-order valence-electron chi connectivity index (χ1n) is 5.70. The van der Waals surface area contributed by atoms with Crippen LogP contribution < -0.4 is 0 Å². The summed E-state index contributed by atoms with van der Waals surface area (Å²) in [6.07, 6.45) is -6.46. The molecule has 0 aliphatic heterocycles. The van der Waals surface area contributed by atoms with E-state index in [1.165, 1.54) is 12.1 Å². The van der Waals surface area contributed by atoms with E-state index < -0.39 is 12.3 Å². The maximum atomic E-state index is 12.6. The lowest BCUT2D eigenvalue weighted by molar-refractivity contribution is -0.206. The van der Waals surface area contributed by atoms with Gasteiger partial charge in [-0.15, -0.1) is 0 Å². The molecule has 1 atom stereocenters. The Morgan fingerprint density at radius 1 is 1.11 bits per heavy atom. The minimum absolute atomic E-state index is 0.0718. The minimum atomic E-state index is -4.64. The van der Waals surface area contributed by atoms with Gasteiger partial charge in [0, 0.05) is 0 Å². The van der Waals surface area contributed by atoms with Gasteiger partial charge in [-0.3, -0.25) is 0 Å². The van der Waals surface area contributed by atoms with Gasteiger partial charge in [0.15, 0.2) is 6.10 Å². The number of aliphatic hydroxyl groups is 1. The Morgan fingerprint density at radius 3 is 2.28 bits per heavy atom. The molecular formula is C14H13F3O. The van der Waals surface area contributed by atoms with E-state index in [-0.39, 0.29) is 5.56 Å². The van der Waals surface area contributed by atoms with Crippen LogP contribution in [0.2, 0.25) is 0 Å². The molecule has 18 heavy (non-hydrogen) atoms. The lowest BCUT2D eigenvalue weighted by Crippen LogP contribution is -2.20. The molecule has 0 amide bonds. The molecule has 0 radical (unpaired) electrons. The van der Waals surface area contributed by atoms with Crippen LogP contribution in [0, 0.1) is 0 Å². The van der Waals surface area contributed by atoms with Crippen LogP contribution >= 0.6 is 0 Å². The fraction of sp³-hybridized carbons (Fsp3) is 0.286. The third-order valence-electron chi connectivity index (χ3n) is 3.01. The Morgan fingerprint density at radius 2 is 1.72 bits per heavy atom. The molecule has 0 aliphatic carbocycles. The number of aryl methyl sites for hydroxylation is 1. The molecule has 0 saturated carbocycles. The molecule has 96 valence electrons. The summed E-state index contributed by atoms with van der Waals surface area (Å²) in [4.78, 5) is 0. The smallest absolute Gasteiger partial charge is 0.379 e. The summed E-state index contributed by atoms with van der Waals surface area (Å²) in [5.41, 5.74) is 0.740. The first kappa shape index (κ1) is 12.9. The predicted octanol–water partition coefficient (Wildman–Crippen LogP) is 4.00. The highest BCUT2D eigenvalue weighted by Gasteiger charge is 2.40. The number of halogens is 3. The van der Waals surface area contributed by atoms with Gasteiger partial charge in [0.25, 0.3) is 0 Å². The summed E-state index contributed by atoms with van der Waals surface area (Å²) in [6.45, 7) is 1.88. The van der Waals surface area contributed by atoms with Crippen molar-refractivity contribution in [2.45, 2.75) is 25.6 Å². The van der Waals surface area contributed by atoms with Gasteiger partial charge in [-0.1, -0.05) is 43.3 Å². The maximum Gasteiger partial charge on any atom is 0.418 e. The Bertz CT molecular complexity index is 555. The number of hydrogen-bond acceptors (Lipinski definition) is 1. The molecular weight excluding hydrogens is 241 g/mol. The second-order valence-corrected chi connectivity index (χ2v) is 4.16. The molecule has 0 spiro atoms. The van der Waals surface area contributed by atoms with Crippen molar-refractivity contribution in [3.8, 4) is 0 Å². The van der Waals surface area contributed by atoms with E-state index in [0.29, 0.717) is 11.8 Å². The van der Waals surface area contributed by atoms with Crippen LogP contribution in [0.25, 0.3) is 10.8 Å². The average molecular weight is 254 g/mol. The first-order valence-corrected chi connectivity index (χ1v) is 5.70. The Kier molecular flexibility index (Phi) is 3.30. The normalized spacial score (nSPS) is 13.8. The van der Waals surface area contributed by atoms with E-state index in [2.05, 4.69) is 0 Å². The molecule has 0 saturated heterocycles. The highest BCUT2D eigenvalue weighted by atomic mass is 19.4. The van der Waals surface area contributed by atoms with E-state index in [4.69, 9.17) is 0 Å².